The number of nitrogens with zero attached hydrogens (tertiary/aromatic N) is 5. The number of fused-ring (bicyclic) bond motifs is 3. The van der Waals surface area contributed by atoms with Crippen LogP contribution in [0.15, 0.2) is 36.8 Å². The number of H-pyrrole nitrogens is 1. The third-order valence-corrected chi connectivity index (χ3v) is 7.28. The smallest absolute Gasteiger partial charge is 0.178 e. The number of piperidine rings is 2. The number of aromatic amines is 1. The Bertz CT molecular complexity index is 1230. The van der Waals surface area contributed by atoms with E-state index in [1.54, 1.807) is 0 Å². The Morgan fingerprint density at radius 2 is 1.94 bits per heavy atom. The third-order valence-electron chi connectivity index (χ3n) is 7.28. The average molecular weight is 432 g/mol. The fourth-order valence-corrected chi connectivity index (χ4v) is 5.41. The minimum atomic E-state index is 0.547. The molecule has 32 heavy (non-hydrogen) atoms. The Morgan fingerprint density at radius 1 is 1.09 bits per heavy atom. The predicted octanol–water partition coefficient (Wildman–Crippen LogP) is 3.64. The topological polar surface area (TPSA) is 83.4 Å². The monoisotopic (exact) mass is 431 g/mol. The molecule has 0 bridgehead atoms. The molecule has 4 aromatic rings. The molecule has 4 aromatic heterocycles. The number of ether oxygens (including phenoxy) is 1. The van der Waals surface area contributed by atoms with Gasteiger partial charge in [0.15, 0.2) is 5.65 Å². The molecule has 6 heterocycles. The van der Waals surface area contributed by atoms with Gasteiger partial charge in [-0.3, -0.25) is 5.10 Å². The van der Waals surface area contributed by atoms with Crippen LogP contribution >= 0.6 is 0 Å². The first kappa shape index (κ1) is 19.5. The lowest BCUT2D eigenvalue weighted by Crippen LogP contribution is -2.45. The highest BCUT2D eigenvalue weighted by Gasteiger charge is 2.35. The van der Waals surface area contributed by atoms with Gasteiger partial charge < -0.3 is 15.0 Å². The van der Waals surface area contributed by atoms with Crippen LogP contribution in [-0.2, 0) is 0 Å². The minimum Gasteiger partial charge on any atom is -0.492 e. The molecule has 0 saturated carbocycles. The van der Waals surface area contributed by atoms with Crippen molar-refractivity contribution in [3.05, 3.63) is 36.8 Å². The predicted molar refractivity (Wildman–Crippen MR) is 125 cm³/mol. The number of hydrogen-bond donors (Lipinski definition) is 2. The van der Waals surface area contributed by atoms with Crippen molar-refractivity contribution in [2.75, 3.05) is 37.7 Å². The molecule has 0 unspecified atom stereocenters. The molecule has 0 aromatic carbocycles. The van der Waals surface area contributed by atoms with Gasteiger partial charge in [0, 0.05) is 30.4 Å². The molecule has 8 heteroatoms. The van der Waals surface area contributed by atoms with E-state index in [0.717, 1.165) is 52.3 Å². The van der Waals surface area contributed by atoms with Crippen molar-refractivity contribution in [2.45, 2.75) is 32.6 Å². The lowest BCUT2D eigenvalue weighted by molar-refractivity contribution is 0.154. The highest BCUT2D eigenvalue weighted by atomic mass is 16.5. The maximum Gasteiger partial charge on any atom is 0.178 e. The molecule has 2 N–H and O–H groups in total. The van der Waals surface area contributed by atoms with Gasteiger partial charge in [0.2, 0.25) is 0 Å². The van der Waals surface area contributed by atoms with Crippen molar-refractivity contribution in [3.8, 4) is 16.9 Å². The molecule has 0 aliphatic carbocycles. The summed E-state index contributed by atoms with van der Waals surface area (Å²) in [7, 11) is 0. The summed E-state index contributed by atoms with van der Waals surface area (Å²) < 4.78 is 7.68. The summed E-state index contributed by atoms with van der Waals surface area (Å²) in [5.41, 5.74) is 4.42. The molecule has 0 radical (unpaired) electrons. The highest BCUT2D eigenvalue weighted by Crippen LogP contribution is 2.40. The zero-order chi connectivity index (χ0) is 21.5. The highest BCUT2D eigenvalue weighted by molar-refractivity contribution is 6.00. The molecule has 1 spiro atoms. The summed E-state index contributed by atoms with van der Waals surface area (Å²) in [5, 5.41) is 16.2. The van der Waals surface area contributed by atoms with Crippen LogP contribution in [0, 0.1) is 5.41 Å². The zero-order valence-corrected chi connectivity index (χ0v) is 18.5. The SMILES string of the molecule is CCOc1cc(-c2ccc(N3CCC4(CCNCC4)CC3)nc2)c2c3cn[nH]c3nn2c1. The van der Waals surface area contributed by atoms with Crippen LogP contribution in [0.25, 0.3) is 27.7 Å². The van der Waals surface area contributed by atoms with Gasteiger partial charge >= 0.3 is 0 Å². The molecular formula is C24H29N7O. The van der Waals surface area contributed by atoms with Crippen LogP contribution in [0.5, 0.6) is 5.75 Å². The summed E-state index contributed by atoms with van der Waals surface area (Å²) >= 11 is 0. The lowest BCUT2D eigenvalue weighted by Gasteiger charge is -2.44. The molecule has 2 aliphatic heterocycles. The maximum atomic E-state index is 5.80. The van der Waals surface area contributed by atoms with Crippen molar-refractivity contribution >= 4 is 22.4 Å². The summed E-state index contributed by atoms with van der Waals surface area (Å²) in [6.07, 6.45) is 10.9. The van der Waals surface area contributed by atoms with Crippen LogP contribution in [-0.4, -0.2) is 57.6 Å². The minimum absolute atomic E-state index is 0.547. The van der Waals surface area contributed by atoms with Crippen LogP contribution < -0.4 is 15.0 Å². The van der Waals surface area contributed by atoms with Crippen LogP contribution in [0.4, 0.5) is 5.82 Å². The molecule has 2 aliphatic rings. The second-order valence-corrected chi connectivity index (χ2v) is 9.09. The van der Waals surface area contributed by atoms with E-state index < -0.39 is 0 Å². The normalized spacial score (nSPS) is 18.6. The van der Waals surface area contributed by atoms with Crippen molar-refractivity contribution in [2.24, 2.45) is 5.41 Å². The van der Waals surface area contributed by atoms with Crippen molar-refractivity contribution in [1.29, 1.82) is 0 Å². The summed E-state index contributed by atoms with van der Waals surface area (Å²) in [4.78, 5) is 7.31. The van der Waals surface area contributed by atoms with Gasteiger partial charge in [0.25, 0.3) is 0 Å². The number of aromatic nitrogens is 5. The molecule has 8 nitrogen and oxygen atoms in total. The van der Waals surface area contributed by atoms with E-state index in [0.29, 0.717) is 12.0 Å². The van der Waals surface area contributed by atoms with E-state index in [-0.39, 0.29) is 0 Å². The molecular weight excluding hydrogens is 402 g/mol. The lowest BCUT2D eigenvalue weighted by atomic mass is 9.71. The van der Waals surface area contributed by atoms with Crippen molar-refractivity contribution in [3.63, 3.8) is 0 Å². The average Bonchev–Trinajstić information content (AvgIpc) is 3.41. The Kier molecular flexibility index (Phi) is 4.75. The summed E-state index contributed by atoms with van der Waals surface area (Å²) in [6.45, 7) is 7.12. The van der Waals surface area contributed by atoms with Crippen LogP contribution in [0.2, 0.25) is 0 Å². The van der Waals surface area contributed by atoms with Gasteiger partial charge in [-0.2, -0.15) is 5.10 Å². The number of rotatable bonds is 4. The fourth-order valence-electron chi connectivity index (χ4n) is 5.41. The van der Waals surface area contributed by atoms with Crippen molar-refractivity contribution in [1.82, 2.24) is 30.1 Å². The van der Waals surface area contributed by atoms with Gasteiger partial charge in [-0.05, 0) is 69.3 Å². The molecule has 0 amide bonds. The maximum absolute atomic E-state index is 5.80. The van der Waals surface area contributed by atoms with Gasteiger partial charge in [0.1, 0.15) is 11.6 Å². The summed E-state index contributed by atoms with van der Waals surface area (Å²) in [5.74, 6) is 1.86. The fraction of sp³-hybridized carbons (Fsp3) is 0.458. The second-order valence-electron chi connectivity index (χ2n) is 9.09. The molecule has 2 saturated heterocycles. The Balaban J connectivity index is 1.30. The quantitative estimate of drug-likeness (QED) is 0.513. The number of hydrogen-bond acceptors (Lipinski definition) is 6. The summed E-state index contributed by atoms with van der Waals surface area (Å²) in [6, 6.07) is 6.40. The van der Waals surface area contributed by atoms with Gasteiger partial charge in [-0.1, -0.05) is 0 Å². The Morgan fingerprint density at radius 3 is 2.69 bits per heavy atom. The molecule has 166 valence electrons. The van der Waals surface area contributed by atoms with Gasteiger partial charge in [-0.25, -0.2) is 9.50 Å². The molecule has 6 rings (SSSR count). The first-order valence-electron chi connectivity index (χ1n) is 11.7. The first-order valence-corrected chi connectivity index (χ1v) is 11.7. The molecule has 0 atom stereocenters. The van der Waals surface area contributed by atoms with E-state index in [1.807, 2.05) is 30.0 Å². The Hall–Kier alpha value is -3.13. The van der Waals surface area contributed by atoms with Gasteiger partial charge in [-0.15, -0.1) is 5.10 Å². The molecule has 2 fully saturated rings. The standard InChI is InChI=1S/C24H29N7O/c1-2-32-18-13-19(22-20-15-27-28-23(20)29-31(22)16-18)17-3-4-21(26-14-17)30-11-7-24(8-12-30)5-9-25-10-6-24/h3-4,13-16,25H,2,5-12H2,1H3,(H,28,29). The second kappa shape index (κ2) is 7.78. The van der Waals surface area contributed by atoms with Crippen LogP contribution in [0.1, 0.15) is 32.6 Å². The van der Waals surface area contributed by atoms with E-state index >= 15 is 0 Å². The van der Waals surface area contributed by atoms with Crippen molar-refractivity contribution < 1.29 is 4.74 Å². The number of pyridine rings is 2. The van der Waals surface area contributed by atoms with E-state index in [1.165, 1.54) is 38.8 Å². The van der Waals surface area contributed by atoms with Crippen LogP contribution in [0.3, 0.4) is 0 Å². The van der Waals surface area contributed by atoms with Gasteiger partial charge in [0.05, 0.1) is 29.9 Å². The largest absolute Gasteiger partial charge is 0.492 e. The zero-order valence-electron chi connectivity index (χ0n) is 18.5. The first-order chi connectivity index (χ1) is 15.7. The number of anilines is 1. The van der Waals surface area contributed by atoms with E-state index in [4.69, 9.17) is 9.72 Å². The van der Waals surface area contributed by atoms with E-state index in [9.17, 15) is 0 Å². The third kappa shape index (κ3) is 3.30. The Labute approximate surface area is 187 Å². The number of nitrogens with one attached hydrogen (secondary N) is 2. The van der Waals surface area contributed by atoms with E-state index in [2.05, 4.69) is 43.7 Å².